The molecule has 0 radical (unpaired) electrons. The Kier molecular flexibility index (Phi) is 24.2. The number of carbonyl (C=O) groups excluding carboxylic acids is 2. The van der Waals surface area contributed by atoms with Crippen LogP contribution in [0.1, 0.15) is 93.4 Å². The van der Waals surface area contributed by atoms with Crippen molar-refractivity contribution in [3.05, 3.63) is 84.6 Å². The summed E-state index contributed by atoms with van der Waals surface area (Å²) in [5.74, 6) is -0.590. The van der Waals surface area contributed by atoms with Crippen LogP contribution in [0.15, 0.2) is 73.5 Å². The van der Waals surface area contributed by atoms with E-state index in [1.807, 2.05) is 24.3 Å². The molecule has 0 aromatic heterocycles. The Morgan fingerprint density at radius 2 is 1.24 bits per heavy atom. The number of hydrogen-bond acceptors (Lipinski definition) is 5. The van der Waals surface area contributed by atoms with Crippen molar-refractivity contribution in [2.45, 2.75) is 72.6 Å². The number of hydrogen-bond donors (Lipinski definition) is 1. The van der Waals surface area contributed by atoms with Gasteiger partial charge in [-0.1, -0.05) is 103 Å². The molecule has 0 spiro atoms. The van der Waals surface area contributed by atoms with Crippen molar-refractivity contribution in [3.63, 3.8) is 0 Å². The van der Waals surface area contributed by atoms with Crippen molar-refractivity contribution < 1.29 is 24.2 Å². The zero-order valence-electron chi connectivity index (χ0n) is 20.2. The molecule has 0 aliphatic heterocycles. The van der Waals surface area contributed by atoms with Gasteiger partial charge in [0.25, 0.3) is 0 Å². The molecule has 0 bridgehead atoms. The van der Waals surface area contributed by atoms with Gasteiger partial charge < -0.3 is 14.6 Å². The Hall–Kier alpha value is -2.92. The highest BCUT2D eigenvalue weighted by Gasteiger charge is 2.04. The number of ether oxygens (including phenoxy) is 2. The lowest BCUT2D eigenvalue weighted by Gasteiger charge is -2.03. The zero-order valence-corrected chi connectivity index (χ0v) is 20.2. The molecule has 5 heteroatoms. The molecular formula is C29H44O5. The summed E-state index contributed by atoms with van der Waals surface area (Å²) in [5, 5.41) is 8.29. The van der Waals surface area contributed by atoms with E-state index in [1.165, 1.54) is 32.1 Å². The summed E-state index contributed by atoms with van der Waals surface area (Å²) in [6.07, 6.45) is 10.3. The highest BCUT2D eigenvalue weighted by Crippen LogP contribution is 2.04. The first kappa shape index (κ1) is 33.3. The molecule has 2 rings (SSSR count). The third-order valence-corrected chi connectivity index (χ3v) is 4.45. The Morgan fingerprint density at radius 3 is 1.68 bits per heavy atom. The molecule has 0 aliphatic rings. The van der Waals surface area contributed by atoms with E-state index in [1.54, 1.807) is 36.4 Å². The zero-order chi connectivity index (χ0) is 24.6. The molecule has 2 aromatic carbocycles. The van der Waals surface area contributed by atoms with Gasteiger partial charge in [0, 0.05) is 6.61 Å². The minimum atomic E-state index is -0.374. The van der Waals surface area contributed by atoms with E-state index in [9.17, 15) is 9.59 Å². The Balaban J connectivity index is 0. The fourth-order valence-corrected chi connectivity index (χ4v) is 2.61. The second-order valence-corrected chi connectivity index (χ2v) is 7.28. The normalized spacial score (nSPS) is 9.15. The fraction of sp³-hybridized carbons (Fsp3) is 0.448. The summed E-state index contributed by atoms with van der Waals surface area (Å²) in [6, 6.07) is 17.9. The lowest BCUT2D eigenvalue weighted by molar-refractivity contribution is 0.0497. The summed E-state index contributed by atoms with van der Waals surface area (Å²) in [5.41, 5.74) is 1.17. The Labute approximate surface area is 206 Å². The van der Waals surface area contributed by atoms with Crippen molar-refractivity contribution in [2.24, 2.45) is 0 Å². The SMILES string of the molecule is C.C=COC(=O)c1ccccc1.CCCCCCO.CCCCCCOC(=O)c1ccccc1. The van der Waals surface area contributed by atoms with E-state index < -0.39 is 0 Å². The molecular weight excluding hydrogens is 428 g/mol. The maximum Gasteiger partial charge on any atom is 0.342 e. The van der Waals surface area contributed by atoms with Gasteiger partial charge >= 0.3 is 11.9 Å². The number of aliphatic hydroxyl groups is 1. The molecule has 0 unspecified atom stereocenters. The van der Waals surface area contributed by atoms with Crippen LogP contribution >= 0.6 is 0 Å². The molecule has 0 saturated heterocycles. The number of rotatable bonds is 12. The van der Waals surface area contributed by atoms with Crippen LogP contribution in [0.5, 0.6) is 0 Å². The first-order valence-electron chi connectivity index (χ1n) is 11.8. The Morgan fingerprint density at radius 1 is 0.765 bits per heavy atom. The van der Waals surface area contributed by atoms with Crippen LogP contribution in [0.3, 0.4) is 0 Å². The van der Waals surface area contributed by atoms with Gasteiger partial charge in [0.05, 0.1) is 24.0 Å². The van der Waals surface area contributed by atoms with E-state index in [0.29, 0.717) is 24.3 Å². The molecule has 0 amide bonds. The third kappa shape index (κ3) is 18.6. The molecule has 2 aromatic rings. The first-order chi connectivity index (χ1) is 16.1. The van der Waals surface area contributed by atoms with Crippen LogP contribution in [0.4, 0.5) is 0 Å². The Bertz CT molecular complexity index is 725. The van der Waals surface area contributed by atoms with E-state index in [0.717, 1.165) is 25.5 Å². The van der Waals surface area contributed by atoms with Crippen molar-refractivity contribution >= 4 is 11.9 Å². The van der Waals surface area contributed by atoms with Gasteiger partial charge in [-0.05, 0) is 37.1 Å². The van der Waals surface area contributed by atoms with Gasteiger partial charge in [-0.15, -0.1) is 0 Å². The topological polar surface area (TPSA) is 72.8 Å². The number of aliphatic hydroxyl groups excluding tert-OH is 1. The smallest absolute Gasteiger partial charge is 0.342 e. The van der Waals surface area contributed by atoms with Crippen LogP contribution in [0.25, 0.3) is 0 Å². The predicted molar refractivity (Wildman–Crippen MR) is 141 cm³/mol. The number of esters is 2. The number of unbranched alkanes of at least 4 members (excludes halogenated alkanes) is 6. The number of benzene rings is 2. The third-order valence-electron chi connectivity index (χ3n) is 4.45. The summed E-state index contributed by atoms with van der Waals surface area (Å²) in [6.45, 7) is 8.51. The molecule has 0 atom stereocenters. The molecule has 5 nitrogen and oxygen atoms in total. The largest absolute Gasteiger partial charge is 0.462 e. The van der Waals surface area contributed by atoms with Crippen molar-refractivity contribution in [3.8, 4) is 0 Å². The average Bonchev–Trinajstić information content (AvgIpc) is 2.86. The first-order valence-corrected chi connectivity index (χ1v) is 11.8. The fourth-order valence-electron chi connectivity index (χ4n) is 2.61. The lowest BCUT2D eigenvalue weighted by Crippen LogP contribution is -2.06. The predicted octanol–water partition coefficient (Wildman–Crippen LogP) is 7.61. The van der Waals surface area contributed by atoms with E-state index in [2.05, 4.69) is 25.2 Å². The molecule has 34 heavy (non-hydrogen) atoms. The average molecular weight is 473 g/mol. The maximum atomic E-state index is 11.5. The van der Waals surface area contributed by atoms with Crippen LogP contribution in [0, 0.1) is 0 Å². The summed E-state index contributed by atoms with van der Waals surface area (Å²) in [4.78, 5) is 22.4. The van der Waals surface area contributed by atoms with Gasteiger partial charge in [0.2, 0.25) is 0 Å². The standard InChI is InChI=1S/C13H18O2.C9H8O2.C6H14O.CH4/c1-2-3-4-8-11-15-13(14)12-9-6-5-7-10-12;1-2-11-9(10)8-6-4-3-5-7-8;1-2-3-4-5-6-7;/h5-7,9-10H,2-4,8,11H2,1H3;2-7H,1H2;7H,2-6H2,1H3;1H4. The molecule has 190 valence electrons. The van der Waals surface area contributed by atoms with Crippen LogP contribution < -0.4 is 0 Å². The van der Waals surface area contributed by atoms with E-state index in [4.69, 9.17) is 9.84 Å². The molecule has 0 heterocycles. The van der Waals surface area contributed by atoms with Crippen molar-refractivity contribution in [1.82, 2.24) is 0 Å². The minimum absolute atomic E-state index is 0. The van der Waals surface area contributed by atoms with Gasteiger partial charge in [-0.2, -0.15) is 0 Å². The monoisotopic (exact) mass is 472 g/mol. The summed E-state index contributed by atoms with van der Waals surface area (Å²) < 4.78 is 9.69. The van der Waals surface area contributed by atoms with E-state index in [-0.39, 0.29) is 19.4 Å². The van der Waals surface area contributed by atoms with Crippen molar-refractivity contribution in [1.29, 1.82) is 0 Å². The van der Waals surface area contributed by atoms with Gasteiger partial charge in [0.1, 0.15) is 0 Å². The van der Waals surface area contributed by atoms with Crippen LogP contribution in [-0.4, -0.2) is 30.3 Å². The van der Waals surface area contributed by atoms with Crippen LogP contribution in [0.2, 0.25) is 0 Å². The highest BCUT2D eigenvalue weighted by atomic mass is 16.5. The maximum absolute atomic E-state index is 11.5. The molecule has 0 aliphatic carbocycles. The lowest BCUT2D eigenvalue weighted by atomic mass is 10.2. The quantitative estimate of drug-likeness (QED) is 0.195. The van der Waals surface area contributed by atoms with Gasteiger partial charge in [0.15, 0.2) is 0 Å². The van der Waals surface area contributed by atoms with Gasteiger partial charge in [-0.25, -0.2) is 9.59 Å². The second kappa shape index (κ2) is 24.7. The highest BCUT2D eigenvalue weighted by molar-refractivity contribution is 5.89. The molecule has 0 fully saturated rings. The number of carbonyl (C=O) groups is 2. The molecule has 0 saturated carbocycles. The van der Waals surface area contributed by atoms with Gasteiger partial charge in [-0.3, -0.25) is 0 Å². The van der Waals surface area contributed by atoms with Crippen LogP contribution in [-0.2, 0) is 9.47 Å². The second-order valence-electron chi connectivity index (χ2n) is 7.28. The van der Waals surface area contributed by atoms with Crippen molar-refractivity contribution in [2.75, 3.05) is 13.2 Å². The molecule has 1 N–H and O–H groups in total. The summed E-state index contributed by atoms with van der Waals surface area (Å²) >= 11 is 0. The minimum Gasteiger partial charge on any atom is -0.462 e. The van der Waals surface area contributed by atoms with E-state index >= 15 is 0 Å². The summed E-state index contributed by atoms with van der Waals surface area (Å²) in [7, 11) is 0.